The molecule has 3 aromatic heterocycles. The van der Waals surface area contributed by atoms with E-state index in [9.17, 15) is 17.2 Å². The fourth-order valence-electron chi connectivity index (χ4n) is 6.44. The van der Waals surface area contributed by atoms with Crippen molar-refractivity contribution >= 4 is 21.9 Å². The van der Waals surface area contributed by atoms with Crippen LogP contribution in [0.5, 0.6) is 0 Å². The summed E-state index contributed by atoms with van der Waals surface area (Å²) in [4.78, 5) is 6.30. The zero-order chi connectivity index (χ0) is 30.5. The van der Waals surface area contributed by atoms with Gasteiger partial charge in [-0.15, -0.1) is 0 Å². The first-order valence-corrected chi connectivity index (χ1v) is 16.0. The average molecular weight is 623 g/mol. The number of fused-ring (bicyclic) bond motifs is 2. The lowest BCUT2D eigenvalue weighted by molar-refractivity contribution is 0.0294. The number of alkyl halides is 1. The normalized spacial score (nSPS) is 22.1. The lowest BCUT2D eigenvalue weighted by Gasteiger charge is -2.45. The Balaban J connectivity index is 1.17. The molecule has 1 aromatic carbocycles. The van der Waals surface area contributed by atoms with Crippen LogP contribution in [-0.4, -0.2) is 71.6 Å². The van der Waals surface area contributed by atoms with Crippen LogP contribution in [-0.2, 0) is 27.8 Å². The van der Waals surface area contributed by atoms with Crippen molar-refractivity contribution in [3.05, 3.63) is 89.0 Å². The van der Waals surface area contributed by atoms with E-state index in [1.165, 1.54) is 22.6 Å². The van der Waals surface area contributed by atoms with Gasteiger partial charge in [0.25, 0.3) is 0 Å². The summed E-state index contributed by atoms with van der Waals surface area (Å²) in [6.07, 6.45) is 5.77. The lowest BCUT2D eigenvalue weighted by atomic mass is 9.69. The molecule has 0 bridgehead atoms. The van der Waals surface area contributed by atoms with Crippen molar-refractivity contribution in [3.8, 4) is 5.69 Å². The standard InChI is InChI=1S/C31H32F2N6O4S/c1-21-12-26(36-43-21)18-42-20-31-14-22-15-35-39(27-4-2-24(32)3-5-27)29(22)13-23(31)8-11-38(19-31)44(40,41)28-6-7-30(34-16-28)37-10-9-25(33)17-37/h2-7,12-13,15-16,25H,8-11,14,17-20H2,1H3. The monoisotopic (exact) mass is 622 g/mol. The largest absolute Gasteiger partial charge is 0.374 e. The molecule has 7 rings (SSSR count). The van der Waals surface area contributed by atoms with E-state index in [4.69, 9.17) is 9.26 Å². The molecule has 5 heterocycles. The van der Waals surface area contributed by atoms with E-state index in [1.807, 2.05) is 17.9 Å². The third-order valence-electron chi connectivity index (χ3n) is 8.71. The Morgan fingerprint density at radius 3 is 2.68 bits per heavy atom. The predicted molar refractivity (Wildman–Crippen MR) is 158 cm³/mol. The van der Waals surface area contributed by atoms with Gasteiger partial charge in [0.05, 0.1) is 37.3 Å². The van der Waals surface area contributed by atoms with Gasteiger partial charge in [-0.1, -0.05) is 10.7 Å². The second-order valence-electron chi connectivity index (χ2n) is 11.8. The third kappa shape index (κ3) is 5.33. The van der Waals surface area contributed by atoms with Gasteiger partial charge in [-0.2, -0.15) is 9.40 Å². The first-order valence-electron chi connectivity index (χ1n) is 14.6. The number of halogens is 2. The third-order valence-corrected chi connectivity index (χ3v) is 10.5. The van der Waals surface area contributed by atoms with Crippen LogP contribution < -0.4 is 4.90 Å². The summed E-state index contributed by atoms with van der Waals surface area (Å²) in [5.41, 5.74) is 3.66. The SMILES string of the molecule is Cc1cc(COCC23Cc4cnn(-c5ccc(F)cc5)c4C=C2CCN(S(=O)(=O)c2ccc(N4CCC(F)C4)nc2)C3)no1. The minimum Gasteiger partial charge on any atom is -0.374 e. The van der Waals surface area contributed by atoms with Crippen LogP contribution in [0, 0.1) is 18.2 Å². The fraction of sp³-hybridized carbons (Fsp3) is 0.387. The minimum atomic E-state index is -3.88. The van der Waals surface area contributed by atoms with Crippen molar-refractivity contribution in [2.45, 2.75) is 43.9 Å². The maximum atomic E-state index is 13.9. The van der Waals surface area contributed by atoms with E-state index >= 15 is 0 Å². The number of ether oxygens (including phenoxy) is 1. The molecule has 3 aliphatic rings. The van der Waals surface area contributed by atoms with Gasteiger partial charge in [0.1, 0.15) is 34.2 Å². The van der Waals surface area contributed by atoms with Crippen LogP contribution in [0.1, 0.15) is 35.6 Å². The molecule has 2 saturated heterocycles. The van der Waals surface area contributed by atoms with Crippen molar-refractivity contribution in [1.29, 1.82) is 0 Å². The van der Waals surface area contributed by atoms with Crippen molar-refractivity contribution < 1.29 is 26.5 Å². The second-order valence-corrected chi connectivity index (χ2v) is 13.7. The number of rotatable bonds is 8. The number of anilines is 1. The molecule has 0 N–H and O–H groups in total. The molecule has 44 heavy (non-hydrogen) atoms. The van der Waals surface area contributed by atoms with E-state index in [0.717, 1.165) is 22.5 Å². The average Bonchev–Trinajstić information content (AvgIpc) is 3.76. The summed E-state index contributed by atoms with van der Waals surface area (Å²) in [7, 11) is -3.88. The number of piperidine rings is 1. The molecule has 10 nitrogen and oxygen atoms in total. The first-order chi connectivity index (χ1) is 21.2. The number of sulfonamides is 1. The van der Waals surface area contributed by atoms with E-state index < -0.39 is 21.6 Å². The Bertz CT molecular complexity index is 1810. The van der Waals surface area contributed by atoms with Gasteiger partial charge in [0, 0.05) is 37.3 Å². The maximum Gasteiger partial charge on any atom is 0.244 e. The molecule has 0 saturated carbocycles. The zero-order valence-corrected chi connectivity index (χ0v) is 25.0. The molecule has 13 heteroatoms. The highest BCUT2D eigenvalue weighted by molar-refractivity contribution is 7.89. The summed E-state index contributed by atoms with van der Waals surface area (Å²) in [5, 5.41) is 8.62. The second kappa shape index (κ2) is 11.2. The van der Waals surface area contributed by atoms with Crippen LogP contribution in [0.2, 0.25) is 0 Å². The molecule has 0 amide bonds. The number of hydrogen-bond acceptors (Lipinski definition) is 8. The smallest absolute Gasteiger partial charge is 0.244 e. The molecule has 0 radical (unpaired) electrons. The highest BCUT2D eigenvalue weighted by Crippen LogP contribution is 2.45. The number of nitrogens with zero attached hydrogens (tertiary/aromatic N) is 6. The molecule has 0 spiro atoms. The Morgan fingerprint density at radius 2 is 1.98 bits per heavy atom. The van der Waals surface area contributed by atoms with Crippen LogP contribution >= 0.6 is 0 Å². The molecule has 2 fully saturated rings. The van der Waals surface area contributed by atoms with Gasteiger partial charge >= 0.3 is 0 Å². The summed E-state index contributed by atoms with van der Waals surface area (Å²) in [6, 6.07) is 11.2. The van der Waals surface area contributed by atoms with E-state index in [1.54, 1.807) is 35.1 Å². The van der Waals surface area contributed by atoms with Gasteiger partial charge in [0.2, 0.25) is 10.0 Å². The Morgan fingerprint density at radius 1 is 1.14 bits per heavy atom. The number of aromatic nitrogens is 4. The fourth-order valence-corrected chi connectivity index (χ4v) is 7.91. The van der Waals surface area contributed by atoms with Gasteiger partial charge < -0.3 is 14.2 Å². The number of aryl methyl sites for hydroxylation is 1. The Hall–Kier alpha value is -3.94. The zero-order valence-electron chi connectivity index (χ0n) is 24.2. The molecule has 2 atom stereocenters. The van der Waals surface area contributed by atoms with E-state index in [2.05, 4.69) is 21.3 Å². The summed E-state index contributed by atoms with van der Waals surface area (Å²) >= 11 is 0. The molecule has 4 aromatic rings. The van der Waals surface area contributed by atoms with Gasteiger partial charge in [-0.05, 0) is 74.2 Å². The predicted octanol–water partition coefficient (Wildman–Crippen LogP) is 4.49. The topological polar surface area (TPSA) is 107 Å². The maximum absolute atomic E-state index is 13.9. The highest BCUT2D eigenvalue weighted by atomic mass is 32.2. The lowest BCUT2D eigenvalue weighted by Crippen LogP contribution is -2.51. The molecule has 2 aliphatic heterocycles. The minimum absolute atomic E-state index is 0.0967. The van der Waals surface area contributed by atoms with Crippen molar-refractivity contribution in [3.63, 3.8) is 0 Å². The summed E-state index contributed by atoms with van der Waals surface area (Å²) < 4.78 is 69.8. The summed E-state index contributed by atoms with van der Waals surface area (Å²) in [5.74, 6) is 0.926. The molecule has 1 aliphatic carbocycles. The molecular formula is C31H32F2N6O4S. The van der Waals surface area contributed by atoms with Crippen LogP contribution in [0.3, 0.4) is 0 Å². The van der Waals surface area contributed by atoms with Crippen LogP contribution in [0.15, 0.2) is 69.8 Å². The van der Waals surface area contributed by atoms with Gasteiger partial charge in [0.15, 0.2) is 0 Å². The van der Waals surface area contributed by atoms with Crippen molar-refractivity contribution in [1.82, 2.24) is 24.2 Å². The molecule has 2 unspecified atom stereocenters. The number of pyridine rings is 1. The Kier molecular flexibility index (Phi) is 7.34. The van der Waals surface area contributed by atoms with Crippen molar-refractivity contribution in [2.75, 3.05) is 37.7 Å². The highest BCUT2D eigenvalue weighted by Gasteiger charge is 2.46. The van der Waals surface area contributed by atoms with Gasteiger partial charge in [-0.3, -0.25) is 0 Å². The quantitative estimate of drug-likeness (QED) is 0.283. The summed E-state index contributed by atoms with van der Waals surface area (Å²) in [6.45, 7) is 3.60. The van der Waals surface area contributed by atoms with E-state index in [-0.39, 0.29) is 43.6 Å². The molecule has 230 valence electrons. The van der Waals surface area contributed by atoms with Gasteiger partial charge in [-0.25, -0.2) is 26.9 Å². The number of hydrogen-bond donors (Lipinski definition) is 0. The van der Waals surface area contributed by atoms with E-state index in [0.29, 0.717) is 43.1 Å². The number of benzene rings is 1. The van der Waals surface area contributed by atoms with Crippen molar-refractivity contribution in [2.24, 2.45) is 5.41 Å². The molecular weight excluding hydrogens is 590 g/mol. The van der Waals surface area contributed by atoms with Crippen LogP contribution in [0.4, 0.5) is 14.6 Å². The Labute approximate surface area is 254 Å². The first kappa shape index (κ1) is 28.8. The van der Waals surface area contributed by atoms with Crippen LogP contribution in [0.25, 0.3) is 11.8 Å².